The van der Waals surface area contributed by atoms with E-state index in [-0.39, 0.29) is 24.3 Å². The van der Waals surface area contributed by atoms with E-state index in [1.165, 1.54) is 6.07 Å². The first-order valence-electron chi connectivity index (χ1n) is 6.17. The van der Waals surface area contributed by atoms with Crippen molar-refractivity contribution in [1.29, 1.82) is 0 Å². The average Bonchev–Trinajstić information content (AvgIpc) is 2.97. The van der Waals surface area contributed by atoms with Crippen molar-refractivity contribution >= 4 is 5.97 Å². The van der Waals surface area contributed by atoms with Crippen LogP contribution in [-0.4, -0.2) is 24.2 Å². The first kappa shape index (κ1) is 12.3. The Labute approximate surface area is 108 Å². The van der Waals surface area contributed by atoms with Crippen LogP contribution in [0.25, 0.3) is 0 Å². The Morgan fingerprint density at radius 3 is 2.95 bits per heavy atom. The molecule has 3 rings (SSSR count). The number of hydrogen-bond donors (Lipinski definition) is 2. The fourth-order valence-electron chi connectivity index (χ4n) is 2.74. The lowest BCUT2D eigenvalue weighted by Crippen LogP contribution is -2.18. The molecule has 2 aliphatic rings. The number of halogens is 2. The molecule has 0 bridgehead atoms. The maximum Gasteiger partial charge on any atom is 0.307 e. The number of fused-ring (bicyclic) bond motifs is 1. The van der Waals surface area contributed by atoms with Crippen molar-refractivity contribution in [3.63, 3.8) is 0 Å². The van der Waals surface area contributed by atoms with Crippen LogP contribution in [0.4, 0.5) is 8.78 Å². The minimum Gasteiger partial charge on any atom is -0.493 e. The maximum atomic E-state index is 14.3. The number of rotatable bonds is 2. The molecule has 19 heavy (non-hydrogen) atoms. The van der Waals surface area contributed by atoms with Gasteiger partial charge in [-0.05, 0) is 6.42 Å². The highest BCUT2D eigenvalue weighted by molar-refractivity contribution is 5.70. The fourth-order valence-corrected chi connectivity index (χ4v) is 2.74. The van der Waals surface area contributed by atoms with Gasteiger partial charge in [-0.2, -0.15) is 0 Å². The van der Waals surface area contributed by atoms with Gasteiger partial charge in [-0.3, -0.25) is 4.79 Å². The van der Waals surface area contributed by atoms with Crippen LogP contribution >= 0.6 is 0 Å². The summed E-state index contributed by atoms with van der Waals surface area (Å²) in [6, 6.07) is 0.600. The molecule has 0 saturated carbocycles. The predicted octanol–water partition coefficient (Wildman–Crippen LogP) is 1.63. The summed E-state index contributed by atoms with van der Waals surface area (Å²) in [4.78, 5) is 10.9. The third-order valence-corrected chi connectivity index (χ3v) is 3.75. The Bertz CT molecular complexity index is 547. The largest absolute Gasteiger partial charge is 0.493 e. The van der Waals surface area contributed by atoms with Crippen molar-refractivity contribution in [3.05, 3.63) is 28.8 Å². The minimum absolute atomic E-state index is 0.0620. The summed E-state index contributed by atoms with van der Waals surface area (Å²) in [5.74, 6) is -2.57. The van der Waals surface area contributed by atoms with Gasteiger partial charge in [-0.25, -0.2) is 8.78 Å². The average molecular weight is 269 g/mol. The molecule has 2 unspecified atom stereocenters. The zero-order valence-corrected chi connectivity index (χ0v) is 10.1. The maximum absolute atomic E-state index is 14.3. The van der Waals surface area contributed by atoms with Gasteiger partial charge in [0.15, 0.2) is 0 Å². The van der Waals surface area contributed by atoms with Gasteiger partial charge in [-0.15, -0.1) is 0 Å². The van der Waals surface area contributed by atoms with Gasteiger partial charge in [0.05, 0.1) is 12.5 Å². The van der Waals surface area contributed by atoms with Gasteiger partial charge in [-0.1, -0.05) is 0 Å². The standard InChI is InChI=1S/C13H13F2NO3/c14-8-4-10-7(1-2-19-10)12(15)11(8)9-3-6(5-16-9)13(17)18/h4,6,9,16H,1-3,5H2,(H,17,18). The smallest absolute Gasteiger partial charge is 0.307 e. The highest BCUT2D eigenvalue weighted by Gasteiger charge is 2.35. The van der Waals surface area contributed by atoms with E-state index in [0.717, 1.165) is 0 Å². The molecule has 1 aromatic carbocycles. The quantitative estimate of drug-likeness (QED) is 0.857. The normalized spacial score (nSPS) is 25.2. The molecule has 0 aliphatic carbocycles. The Balaban J connectivity index is 1.96. The predicted molar refractivity (Wildman–Crippen MR) is 62.0 cm³/mol. The summed E-state index contributed by atoms with van der Waals surface area (Å²) in [6.45, 7) is 0.581. The van der Waals surface area contributed by atoms with Gasteiger partial charge < -0.3 is 15.2 Å². The summed E-state index contributed by atoms with van der Waals surface area (Å²) in [5, 5.41) is 11.8. The summed E-state index contributed by atoms with van der Waals surface area (Å²) >= 11 is 0. The van der Waals surface area contributed by atoms with Gasteiger partial charge in [0, 0.05) is 36.2 Å². The Kier molecular flexibility index (Phi) is 2.89. The second-order valence-corrected chi connectivity index (χ2v) is 4.89. The first-order valence-corrected chi connectivity index (χ1v) is 6.17. The second kappa shape index (κ2) is 4.45. The van der Waals surface area contributed by atoms with Crippen LogP contribution in [0.15, 0.2) is 6.07 Å². The number of benzene rings is 1. The molecule has 2 aliphatic heterocycles. The van der Waals surface area contributed by atoms with E-state index in [4.69, 9.17) is 9.84 Å². The highest BCUT2D eigenvalue weighted by atomic mass is 19.1. The van der Waals surface area contributed by atoms with Crippen molar-refractivity contribution in [2.45, 2.75) is 18.9 Å². The number of nitrogens with one attached hydrogen (secondary N) is 1. The summed E-state index contributed by atoms with van der Waals surface area (Å²) in [6.07, 6.45) is 0.617. The van der Waals surface area contributed by atoms with Crippen LogP contribution in [0.5, 0.6) is 5.75 Å². The zero-order chi connectivity index (χ0) is 13.6. The van der Waals surface area contributed by atoms with E-state index < -0.39 is 29.6 Å². The first-order chi connectivity index (χ1) is 9.08. The topological polar surface area (TPSA) is 58.6 Å². The zero-order valence-electron chi connectivity index (χ0n) is 10.1. The number of ether oxygens (including phenoxy) is 1. The molecular formula is C13H13F2NO3. The van der Waals surface area contributed by atoms with Crippen molar-refractivity contribution in [2.24, 2.45) is 5.92 Å². The molecule has 2 N–H and O–H groups in total. The molecule has 0 radical (unpaired) electrons. The summed E-state index contributed by atoms with van der Waals surface area (Å²) in [5.41, 5.74) is 0.324. The SMILES string of the molecule is O=C(O)C1CNC(c2c(F)cc3c(c2F)CCO3)C1. The van der Waals surface area contributed by atoms with Crippen LogP contribution in [0.2, 0.25) is 0 Å². The van der Waals surface area contributed by atoms with Crippen LogP contribution in [0, 0.1) is 17.6 Å². The van der Waals surface area contributed by atoms with Crippen LogP contribution < -0.4 is 10.1 Å². The molecule has 0 spiro atoms. The van der Waals surface area contributed by atoms with E-state index in [2.05, 4.69) is 5.32 Å². The molecular weight excluding hydrogens is 256 g/mol. The highest BCUT2D eigenvalue weighted by Crippen LogP contribution is 2.37. The van der Waals surface area contributed by atoms with Crippen LogP contribution in [0.3, 0.4) is 0 Å². The van der Waals surface area contributed by atoms with Crippen LogP contribution in [-0.2, 0) is 11.2 Å². The second-order valence-electron chi connectivity index (χ2n) is 4.89. The number of carboxylic acid groups (broad SMARTS) is 1. The van der Waals surface area contributed by atoms with Crippen LogP contribution in [0.1, 0.15) is 23.6 Å². The van der Waals surface area contributed by atoms with Crippen molar-refractivity contribution < 1.29 is 23.4 Å². The van der Waals surface area contributed by atoms with Gasteiger partial charge in [0.25, 0.3) is 0 Å². The van der Waals surface area contributed by atoms with E-state index in [0.29, 0.717) is 18.6 Å². The monoisotopic (exact) mass is 269 g/mol. The number of carboxylic acids is 1. The third-order valence-electron chi connectivity index (χ3n) is 3.75. The van der Waals surface area contributed by atoms with Crippen molar-refractivity contribution in [3.8, 4) is 5.75 Å². The Hall–Kier alpha value is -1.69. The van der Waals surface area contributed by atoms with Gasteiger partial charge >= 0.3 is 5.97 Å². The van der Waals surface area contributed by atoms with Crippen molar-refractivity contribution in [2.75, 3.05) is 13.2 Å². The number of carbonyl (C=O) groups is 1. The third kappa shape index (κ3) is 1.96. The van der Waals surface area contributed by atoms with E-state index in [1.807, 2.05) is 0 Å². The fraction of sp³-hybridized carbons (Fsp3) is 0.462. The molecule has 102 valence electrons. The number of aliphatic carboxylic acids is 1. The van der Waals surface area contributed by atoms with E-state index in [1.54, 1.807) is 0 Å². The Morgan fingerprint density at radius 1 is 1.47 bits per heavy atom. The molecule has 1 saturated heterocycles. The lowest BCUT2D eigenvalue weighted by molar-refractivity contribution is -0.141. The molecule has 0 aromatic heterocycles. The van der Waals surface area contributed by atoms with Gasteiger partial charge in [0.2, 0.25) is 0 Å². The Morgan fingerprint density at radius 2 is 2.26 bits per heavy atom. The number of hydrogen-bond acceptors (Lipinski definition) is 3. The molecule has 1 aromatic rings. The van der Waals surface area contributed by atoms with Gasteiger partial charge in [0.1, 0.15) is 17.4 Å². The van der Waals surface area contributed by atoms with Crippen molar-refractivity contribution in [1.82, 2.24) is 5.32 Å². The molecule has 2 atom stereocenters. The van der Waals surface area contributed by atoms with E-state index in [9.17, 15) is 13.6 Å². The lowest BCUT2D eigenvalue weighted by Gasteiger charge is -2.15. The summed E-state index contributed by atoms with van der Waals surface area (Å²) < 4.78 is 33.4. The molecule has 6 heteroatoms. The molecule has 2 heterocycles. The molecule has 4 nitrogen and oxygen atoms in total. The van der Waals surface area contributed by atoms with E-state index >= 15 is 0 Å². The molecule has 1 fully saturated rings. The minimum atomic E-state index is -0.944. The summed E-state index contributed by atoms with van der Waals surface area (Å²) in [7, 11) is 0. The molecule has 0 amide bonds. The lowest BCUT2D eigenvalue weighted by atomic mass is 9.96.